The van der Waals surface area contributed by atoms with Crippen LogP contribution in [-0.2, 0) is 4.79 Å². The lowest BCUT2D eigenvalue weighted by molar-refractivity contribution is -0.123. The average Bonchev–Trinajstić information content (AvgIpc) is 2.35. The Bertz CT molecular complexity index is 268. The molecule has 4 nitrogen and oxygen atoms in total. The third-order valence-electron chi connectivity index (χ3n) is 3.75. The minimum Gasteiger partial charge on any atom is -0.353 e. The molecular weight excluding hydrogens is 238 g/mol. The van der Waals surface area contributed by atoms with Crippen molar-refractivity contribution in [2.45, 2.75) is 71.5 Å². The van der Waals surface area contributed by atoms with Crippen LogP contribution in [0.2, 0.25) is 0 Å². The van der Waals surface area contributed by atoms with Crippen LogP contribution in [0.1, 0.15) is 53.4 Å². The summed E-state index contributed by atoms with van der Waals surface area (Å²) in [7, 11) is 0. The van der Waals surface area contributed by atoms with Crippen molar-refractivity contribution in [1.29, 1.82) is 0 Å². The molecule has 2 unspecified atom stereocenters. The molecular formula is C15H31N3O. The molecule has 1 rings (SSSR count). The second-order valence-electron chi connectivity index (χ2n) is 6.00. The molecule has 0 aliphatic carbocycles. The van der Waals surface area contributed by atoms with E-state index in [-0.39, 0.29) is 11.9 Å². The molecule has 0 aromatic rings. The van der Waals surface area contributed by atoms with Crippen molar-refractivity contribution in [2.24, 2.45) is 0 Å². The first-order chi connectivity index (χ1) is 9.04. The maximum Gasteiger partial charge on any atom is 0.234 e. The number of amides is 1. The molecule has 1 aliphatic heterocycles. The Morgan fingerprint density at radius 1 is 1.32 bits per heavy atom. The quantitative estimate of drug-likeness (QED) is 0.740. The first-order valence-electron chi connectivity index (χ1n) is 7.81. The number of hydrogen-bond donors (Lipinski definition) is 2. The fourth-order valence-corrected chi connectivity index (χ4v) is 2.84. The molecule has 0 aromatic heterocycles. The fourth-order valence-electron chi connectivity index (χ4n) is 2.84. The summed E-state index contributed by atoms with van der Waals surface area (Å²) in [6.45, 7) is 11.1. The summed E-state index contributed by atoms with van der Waals surface area (Å²) in [5, 5.41) is 6.56. The molecule has 1 saturated heterocycles. The lowest BCUT2D eigenvalue weighted by atomic mass is 9.96. The fraction of sp³-hybridized carbons (Fsp3) is 0.933. The van der Waals surface area contributed by atoms with E-state index in [1.165, 1.54) is 19.3 Å². The molecule has 1 amide bonds. The smallest absolute Gasteiger partial charge is 0.234 e. The van der Waals surface area contributed by atoms with E-state index in [0.29, 0.717) is 18.6 Å². The number of rotatable bonds is 7. The van der Waals surface area contributed by atoms with Gasteiger partial charge in [-0.25, -0.2) is 0 Å². The van der Waals surface area contributed by atoms with Gasteiger partial charge in [0.15, 0.2) is 0 Å². The Kier molecular flexibility index (Phi) is 7.39. The zero-order chi connectivity index (χ0) is 14.3. The van der Waals surface area contributed by atoms with Crippen molar-refractivity contribution in [2.75, 3.05) is 19.6 Å². The van der Waals surface area contributed by atoms with Crippen LogP contribution in [0.25, 0.3) is 0 Å². The highest BCUT2D eigenvalue weighted by atomic mass is 16.2. The molecule has 2 atom stereocenters. The highest BCUT2D eigenvalue weighted by Gasteiger charge is 2.28. The minimum absolute atomic E-state index is 0.157. The van der Waals surface area contributed by atoms with E-state index in [4.69, 9.17) is 0 Å². The first-order valence-corrected chi connectivity index (χ1v) is 7.81. The molecule has 0 radical (unpaired) electrons. The predicted octanol–water partition coefficient (Wildman–Crippen LogP) is 1.75. The highest BCUT2D eigenvalue weighted by Crippen LogP contribution is 2.19. The number of likely N-dealkylation sites (tertiary alicyclic amines) is 1. The van der Waals surface area contributed by atoms with Crippen LogP contribution in [0.15, 0.2) is 0 Å². The highest BCUT2D eigenvalue weighted by molar-refractivity contribution is 5.78. The van der Waals surface area contributed by atoms with Gasteiger partial charge < -0.3 is 10.6 Å². The van der Waals surface area contributed by atoms with Crippen LogP contribution in [0.3, 0.4) is 0 Å². The van der Waals surface area contributed by atoms with E-state index in [2.05, 4.69) is 29.4 Å². The topological polar surface area (TPSA) is 44.4 Å². The summed E-state index contributed by atoms with van der Waals surface area (Å²) in [4.78, 5) is 14.3. The Morgan fingerprint density at radius 2 is 2.05 bits per heavy atom. The van der Waals surface area contributed by atoms with Gasteiger partial charge in [0.1, 0.15) is 0 Å². The van der Waals surface area contributed by atoms with Crippen LogP contribution in [-0.4, -0.2) is 48.6 Å². The average molecular weight is 269 g/mol. The van der Waals surface area contributed by atoms with Gasteiger partial charge in [-0.2, -0.15) is 0 Å². The Morgan fingerprint density at radius 3 is 2.68 bits per heavy atom. The summed E-state index contributed by atoms with van der Waals surface area (Å²) in [6.07, 6.45) is 4.86. The normalized spacial score (nSPS) is 22.5. The molecule has 0 saturated carbocycles. The van der Waals surface area contributed by atoms with Gasteiger partial charge in [0, 0.05) is 18.1 Å². The largest absolute Gasteiger partial charge is 0.353 e. The Hall–Kier alpha value is -0.610. The lowest BCUT2D eigenvalue weighted by Crippen LogP contribution is -2.54. The van der Waals surface area contributed by atoms with Crippen molar-refractivity contribution >= 4 is 5.91 Å². The lowest BCUT2D eigenvalue weighted by Gasteiger charge is -2.39. The van der Waals surface area contributed by atoms with Gasteiger partial charge in [0.05, 0.1) is 6.54 Å². The van der Waals surface area contributed by atoms with E-state index in [1.807, 2.05) is 13.8 Å². The zero-order valence-corrected chi connectivity index (χ0v) is 13.0. The molecule has 112 valence electrons. The van der Waals surface area contributed by atoms with Gasteiger partial charge >= 0.3 is 0 Å². The van der Waals surface area contributed by atoms with Gasteiger partial charge in [-0.1, -0.05) is 13.3 Å². The summed E-state index contributed by atoms with van der Waals surface area (Å²) < 4.78 is 0. The van der Waals surface area contributed by atoms with Crippen molar-refractivity contribution < 1.29 is 4.79 Å². The maximum absolute atomic E-state index is 11.9. The molecule has 1 heterocycles. The number of carbonyl (C=O) groups excluding carboxylic acids is 1. The van der Waals surface area contributed by atoms with Gasteiger partial charge in [-0.3, -0.25) is 9.69 Å². The van der Waals surface area contributed by atoms with E-state index >= 15 is 0 Å². The molecule has 1 aliphatic rings. The molecule has 0 aromatic carbocycles. The Balaban J connectivity index is 2.49. The number of carbonyl (C=O) groups is 1. The third-order valence-corrected chi connectivity index (χ3v) is 3.75. The number of nitrogens with zero attached hydrogens (tertiary/aromatic N) is 1. The first kappa shape index (κ1) is 16.4. The molecule has 0 bridgehead atoms. The van der Waals surface area contributed by atoms with Gasteiger partial charge in [0.25, 0.3) is 0 Å². The number of piperidine rings is 1. The molecule has 1 fully saturated rings. The number of hydrogen-bond acceptors (Lipinski definition) is 3. The SMILES string of the molecule is CCCNC(C)C1CCCCN1CC(=O)NC(C)C. The van der Waals surface area contributed by atoms with Crippen molar-refractivity contribution in [3.05, 3.63) is 0 Å². The van der Waals surface area contributed by atoms with Crippen LogP contribution in [0.4, 0.5) is 0 Å². The second kappa shape index (κ2) is 8.54. The molecule has 19 heavy (non-hydrogen) atoms. The van der Waals surface area contributed by atoms with Crippen molar-refractivity contribution in [3.8, 4) is 0 Å². The summed E-state index contributed by atoms with van der Waals surface area (Å²) in [5.74, 6) is 0.157. The van der Waals surface area contributed by atoms with Crippen LogP contribution >= 0.6 is 0 Å². The monoisotopic (exact) mass is 269 g/mol. The molecule has 0 spiro atoms. The van der Waals surface area contributed by atoms with Crippen LogP contribution in [0, 0.1) is 0 Å². The maximum atomic E-state index is 11.9. The van der Waals surface area contributed by atoms with E-state index in [0.717, 1.165) is 19.5 Å². The summed E-state index contributed by atoms with van der Waals surface area (Å²) in [6, 6.07) is 1.19. The number of nitrogens with one attached hydrogen (secondary N) is 2. The standard InChI is InChI=1S/C15H31N3O/c1-5-9-16-13(4)14-8-6-7-10-18(14)11-15(19)17-12(2)3/h12-14,16H,5-11H2,1-4H3,(H,17,19). The minimum atomic E-state index is 0.157. The van der Waals surface area contributed by atoms with E-state index in [1.54, 1.807) is 0 Å². The molecule has 2 N–H and O–H groups in total. The van der Waals surface area contributed by atoms with Crippen LogP contribution in [0.5, 0.6) is 0 Å². The van der Waals surface area contributed by atoms with Crippen molar-refractivity contribution in [3.63, 3.8) is 0 Å². The summed E-state index contributed by atoms with van der Waals surface area (Å²) >= 11 is 0. The summed E-state index contributed by atoms with van der Waals surface area (Å²) in [5.41, 5.74) is 0. The van der Waals surface area contributed by atoms with Gasteiger partial charge in [-0.05, 0) is 53.1 Å². The predicted molar refractivity (Wildman–Crippen MR) is 80.2 cm³/mol. The van der Waals surface area contributed by atoms with Crippen molar-refractivity contribution in [1.82, 2.24) is 15.5 Å². The van der Waals surface area contributed by atoms with Gasteiger partial charge in [-0.15, -0.1) is 0 Å². The van der Waals surface area contributed by atoms with E-state index in [9.17, 15) is 4.79 Å². The third kappa shape index (κ3) is 5.91. The second-order valence-corrected chi connectivity index (χ2v) is 6.00. The van der Waals surface area contributed by atoms with Gasteiger partial charge in [0.2, 0.25) is 5.91 Å². The van der Waals surface area contributed by atoms with E-state index < -0.39 is 0 Å². The molecule has 4 heteroatoms. The Labute approximate surface area is 118 Å². The van der Waals surface area contributed by atoms with Crippen LogP contribution < -0.4 is 10.6 Å². The zero-order valence-electron chi connectivity index (χ0n) is 13.0.